The molecule has 0 bridgehead atoms. The number of likely N-dealkylation sites (tertiary alicyclic amines) is 1. The third-order valence-corrected chi connectivity index (χ3v) is 5.33. The van der Waals surface area contributed by atoms with Gasteiger partial charge in [-0.2, -0.15) is 0 Å². The fourth-order valence-electron chi connectivity index (χ4n) is 3.72. The first-order valence-electron chi connectivity index (χ1n) is 9.22. The lowest BCUT2D eigenvalue weighted by molar-refractivity contribution is -0.136. The minimum absolute atomic E-state index is 0.0197. The van der Waals surface area contributed by atoms with Crippen molar-refractivity contribution in [2.45, 2.75) is 32.2 Å². The van der Waals surface area contributed by atoms with Crippen molar-refractivity contribution in [1.82, 2.24) is 14.7 Å². The summed E-state index contributed by atoms with van der Waals surface area (Å²) in [6.07, 6.45) is 3.43. The molecule has 0 radical (unpaired) electrons. The molecule has 2 aliphatic rings. The highest BCUT2D eigenvalue weighted by atomic mass is 16.2. The summed E-state index contributed by atoms with van der Waals surface area (Å²) in [6, 6.07) is 7.54. The Bertz CT molecular complexity index is 626. The van der Waals surface area contributed by atoms with E-state index < -0.39 is 0 Å². The largest absolute Gasteiger partial charge is 0.398 e. The van der Waals surface area contributed by atoms with Gasteiger partial charge in [0.2, 0.25) is 5.91 Å². The molecule has 25 heavy (non-hydrogen) atoms. The van der Waals surface area contributed by atoms with Crippen LogP contribution in [0.5, 0.6) is 0 Å². The molecule has 2 saturated heterocycles. The van der Waals surface area contributed by atoms with Crippen molar-refractivity contribution in [2.24, 2.45) is 0 Å². The molecule has 3 rings (SSSR count). The Balaban J connectivity index is 1.51. The van der Waals surface area contributed by atoms with Crippen LogP contribution in [0.3, 0.4) is 0 Å². The third kappa shape index (κ3) is 4.12. The molecule has 2 heterocycles. The van der Waals surface area contributed by atoms with E-state index >= 15 is 0 Å². The van der Waals surface area contributed by atoms with E-state index in [1.807, 2.05) is 21.9 Å². The molecule has 1 unspecified atom stereocenters. The average Bonchev–Trinajstić information content (AvgIpc) is 2.62. The molecule has 0 spiro atoms. The van der Waals surface area contributed by atoms with Gasteiger partial charge in [-0.25, -0.2) is 0 Å². The Morgan fingerprint density at radius 3 is 2.48 bits per heavy atom. The number of carbonyl (C=O) groups is 2. The van der Waals surface area contributed by atoms with E-state index in [-0.39, 0.29) is 11.8 Å². The number of benzene rings is 1. The van der Waals surface area contributed by atoms with Gasteiger partial charge in [-0.15, -0.1) is 0 Å². The molecule has 6 nitrogen and oxygen atoms in total. The smallest absolute Gasteiger partial charge is 0.256 e. The summed E-state index contributed by atoms with van der Waals surface area (Å²) in [5.41, 5.74) is 6.99. The lowest BCUT2D eigenvalue weighted by Crippen LogP contribution is -2.53. The van der Waals surface area contributed by atoms with Gasteiger partial charge in [0, 0.05) is 44.5 Å². The number of anilines is 1. The molecule has 1 aromatic rings. The molecule has 0 aliphatic carbocycles. The molecular formula is C19H28N4O2. The van der Waals surface area contributed by atoms with Crippen LogP contribution in [0.2, 0.25) is 0 Å². The van der Waals surface area contributed by atoms with E-state index in [0.717, 1.165) is 32.5 Å². The van der Waals surface area contributed by atoms with Crippen LogP contribution in [0.15, 0.2) is 24.3 Å². The SMILES string of the molecule is CC1CCCCN1C(=O)CN1CCN(C(=O)c2ccccc2N)CC1. The molecule has 2 N–H and O–H groups in total. The van der Waals surface area contributed by atoms with Gasteiger partial charge < -0.3 is 15.5 Å². The lowest BCUT2D eigenvalue weighted by atomic mass is 10.0. The van der Waals surface area contributed by atoms with E-state index in [4.69, 9.17) is 5.73 Å². The molecular weight excluding hydrogens is 316 g/mol. The Kier molecular flexibility index (Phi) is 5.58. The predicted octanol–water partition coefficient (Wildman–Crippen LogP) is 1.43. The summed E-state index contributed by atoms with van der Waals surface area (Å²) in [6.45, 7) is 6.20. The normalized spacial score (nSPS) is 22.0. The van der Waals surface area contributed by atoms with Crippen LogP contribution in [0.4, 0.5) is 5.69 Å². The summed E-state index contributed by atoms with van der Waals surface area (Å²) in [5.74, 6) is 0.202. The molecule has 136 valence electrons. The van der Waals surface area contributed by atoms with E-state index in [1.54, 1.807) is 12.1 Å². The second-order valence-corrected chi connectivity index (χ2v) is 7.09. The van der Waals surface area contributed by atoms with E-state index in [2.05, 4.69) is 11.8 Å². The van der Waals surface area contributed by atoms with Gasteiger partial charge in [-0.1, -0.05) is 12.1 Å². The Labute approximate surface area is 149 Å². The summed E-state index contributed by atoms with van der Waals surface area (Å²) < 4.78 is 0. The molecule has 2 fully saturated rings. The number of nitrogens with zero attached hydrogens (tertiary/aromatic N) is 3. The Morgan fingerprint density at radius 1 is 1.08 bits per heavy atom. The summed E-state index contributed by atoms with van der Waals surface area (Å²) in [5, 5.41) is 0. The second kappa shape index (κ2) is 7.87. The summed E-state index contributed by atoms with van der Waals surface area (Å²) >= 11 is 0. The topological polar surface area (TPSA) is 69.9 Å². The highest BCUT2D eigenvalue weighted by molar-refractivity contribution is 5.99. The molecule has 0 aromatic heterocycles. The van der Waals surface area contributed by atoms with Gasteiger partial charge in [-0.05, 0) is 38.3 Å². The van der Waals surface area contributed by atoms with Crippen LogP contribution in [0.1, 0.15) is 36.5 Å². The number of piperidine rings is 1. The van der Waals surface area contributed by atoms with Crippen molar-refractivity contribution in [1.29, 1.82) is 0 Å². The Hall–Kier alpha value is -2.08. The molecule has 6 heteroatoms. The third-order valence-electron chi connectivity index (χ3n) is 5.33. The minimum Gasteiger partial charge on any atom is -0.398 e. The van der Waals surface area contributed by atoms with Gasteiger partial charge in [0.15, 0.2) is 0 Å². The van der Waals surface area contributed by atoms with Gasteiger partial charge in [0.1, 0.15) is 0 Å². The maximum atomic E-state index is 12.6. The Morgan fingerprint density at radius 2 is 1.80 bits per heavy atom. The summed E-state index contributed by atoms with van der Waals surface area (Å²) in [4.78, 5) is 31.1. The first-order valence-corrected chi connectivity index (χ1v) is 9.22. The number of nitrogen functional groups attached to an aromatic ring is 1. The van der Waals surface area contributed by atoms with Crippen molar-refractivity contribution in [3.8, 4) is 0 Å². The van der Waals surface area contributed by atoms with Crippen molar-refractivity contribution >= 4 is 17.5 Å². The number of carbonyl (C=O) groups excluding carboxylic acids is 2. The van der Waals surface area contributed by atoms with Crippen LogP contribution < -0.4 is 5.73 Å². The van der Waals surface area contributed by atoms with E-state index in [1.165, 1.54) is 6.42 Å². The fourth-order valence-corrected chi connectivity index (χ4v) is 3.72. The van der Waals surface area contributed by atoms with Crippen molar-refractivity contribution in [2.75, 3.05) is 45.0 Å². The van der Waals surface area contributed by atoms with Crippen LogP contribution in [-0.2, 0) is 4.79 Å². The zero-order valence-electron chi connectivity index (χ0n) is 15.0. The van der Waals surface area contributed by atoms with Gasteiger partial charge in [-0.3, -0.25) is 14.5 Å². The number of para-hydroxylation sites is 1. The number of amides is 2. The van der Waals surface area contributed by atoms with Crippen molar-refractivity contribution in [3.63, 3.8) is 0 Å². The van der Waals surface area contributed by atoms with Crippen LogP contribution in [-0.4, -0.2) is 71.8 Å². The molecule has 2 amide bonds. The first kappa shape index (κ1) is 17.7. The van der Waals surface area contributed by atoms with Gasteiger partial charge in [0.25, 0.3) is 5.91 Å². The zero-order chi connectivity index (χ0) is 17.8. The highest BCUT2D eigenvalue weighted by Crippen LogP contribution is 2.18. The monoisotopic (exact) mass is 344 g/mol. The van der Waals surface area contributed by atoms with E-state index in [9.17, 15) is 9.59 Å². The quantitative estimate of drug-likeness (QED) is 0.842. The molecule has 1 atom stereocenters. The number of nitrogens with two attached hydrogens (primary N) is 1. The first-order chi connectivity index (χ1) is 12.1. The number of hydrogen-bond donors (Lipinski definition) is 1. The molecule has 2 aliphatic heterocycles. The molecule has 1 aromatic carbocycles. The van der Waals surface area contributed by atoms with Crippen LogP contribution >= 0.6 is 0 Å². The van der Waals surface area contributed by atoms with Gasteiger partial charge in [0.05, 0.1) is 12.1 Å². The fraction of sp³-hybridized carbons (Fsp3) is 0.579. The second-order valence-electron chi connectivity index (χ2n) is 7.09. The highest BCUT2D eigenvalue weighted by Gasteiger charge is 2.28. The van der Waals surface area contributed by atoms with E-state index in [0.29, 0.717) is 36.9 Å². The number of hydrogen-bond acceptors (Lipinski definition) is 4. The number of rotatable bonds is 3. The lowest BCUT2D eigenvalue weighted by Gasteiger charge is -2.38. The van der Waals surface area contributed by atoms with Gasteiger partial charge >= 0.3 is 0 Å². The predicted molar refractivity (Wildman–Crippen MR) is 98.2 cm³/mol. The summed E-state index contributed by atoms with van der Waals surface area (Å²) in [7, 11) is 0. The average molecular weight is 344 g/mol. The molecule has 0 saturated carbocycles. The van der Waals surface area contributed by atoms with Crippen molar-refractivity contribution in [3.05, 3.63) is 29.8 Å². The standard InChI is InChI=1S/C19H28N4O2/c1-15-6-4-5-9-23(15)18(24)14-21-10-12-22(13-11-21)19(25)16-7-2-3-8-17(16)20/h2-3,7-8,15H,4-6,9-14,20H2,1H3. The maximum absolute atomic E-state index is 12.6. The number of piperazine rings is 1. The van der Waals surface area contributed by atoms with Crippen LogP contribution in [0, 0.1) is 0 Å². The zero-order valence-corrected chi connectivity index (χ0v) is 15.0. The van der Waals surface area contributed by atoms with Crippen LogP contribution in [0.25, 0.3) is 0 Å². The minimum atomic E-state index is -0.0197. The van der Waals surface area contributed by atoms with Crippen molar-refractivity contribution < 1.29 is 9.59 Å². The maximum Gasteiger partial charge on any atom is 0.256 e.